The van der Waals surface area contributed by atoms with Crippen LogP contribution >= 0.6 is 0 Å². The summed E-state index contributed by atoms with van der Waals surface area (Å²) in [5.41, 5.74) is 0.595. The first-order valence-electron chi connectivity index (χ1n) is 10.1. The molecule has 0 bridgehead atoms. The van der Waals surface area contributed by atoms with Crippen molar-refractivity contribution in [2.75, 3.05) is 76.5 Å². The molecule has 0 spiro atoms. The second kappa shape index (κ2) is 9.17. The minimum Gasteiger partial charge on any atom is -0.493 e. The van der Waals surface area contributed by atoms with E-state index in [1.54, 1.807) is 38.7 Å². The summed E-state index contributed by atoms with van der Waals surface area (Å²) in [5.74, 6) is 2.97. The van der Waals surface area contributed by atoms with Crippen LogP contribution in [-0.4, -0.2) is 87.5 Å². The Kier molecular flexibility index (Phi) is 6.18. The van der Waals surface area contributed by atoms with Crippen LogP contribution in [0.2, 0.25) is 0 Å². The quantitative estimate of drug-likeness (QED) is 0.726. The number of methoxy groups -OCH3 is 2. The number of aromatic nitrogens is 2. The highest BCUT2D eigenvalue weighted by molar-refractivity contribution is 5.95. The van der Waals surface area contributed by atoms with E-state index in [1.165, 1.54) is 0 Å². The molecule has 2 aromatic rings. The molecule has 1 amide bonds. The zero-order valence-corrected chi connectivity index (χ0v) is 17.4. The average molecular weight is 413 g/mol. The maximum Gasteiger partial charge on any atom is 0.254 e. The molecular weight excluding hydrogens is 386 g/mol. The van der Waals surface area contributed by atoms with Gasteiger partial charge in [-0.05, 0) is 18.2 Å². The normalized spacial score (nSPS) is 17.1. The Hall–Kier alpha value is -3.07. The second-order valence-electron chi connectivity index (χ2n) is 7.18. The number of piperazine rings is 1. The Morgan fingerprint density at radius 3 is 2.13 bits per heavy atom. The van der Waals surface area contributed by atoms with Crippen molar-refractivity contribution in [3.63, 3.8) is 0 Å². The van der Waals surface area contributed by atoms with E-state index in [0.717, 1.165) is 51.0 Å². The standard InChI is InChI=1S/C21H27N5O4/c1-28-17-4-3-16(13-18(17)29-2)21(27)26-7-5-24(6-8-26)19-14-20(23-15-22-19)25-9-11-30-12-10-25/h3-4,13-15H,5-12H2,1-2H3. The number of benzene rings is 1. The first kappa shape index (κ1) is 20.2. The molecule has 4 rings (SSSR count). The molecule has 0 atom stereocenters. The molecule has 1 aromatic heterocycles. The molecule has 160 valence electrons. The fourth-order valence-corrected chi connectivity index (χ4v) is 3.77. The molecule has 30 heavy (non-hydrogen) atoms. The lowest BCUT2D eigenvalue weighted by atomic mass is 10.1. The van der Waals surface area contributed by atoms with Crippen LogP contribution in [0.3, 0.4) is 0 Å². The highest BCUT2D eigenvalue weighted by Gasteiger charge is 2.24. The van der Waals surface area contributed by atoms with E-state index in [0.29, 0.717) is 30.2 Å². The van der Waals surface area contributed by atoms with Crippen molar-refractivity contribution in [1.82, 2.24) is 14.9 Å². The molecule has 2 aliphatic rings. The van der Waals surface area contributed by atoms with Crippen LogP contribution in [0.5, 0.6) is 11.5 Å². The van der Waals surface area contributed by atoms with Gasteiger partial charge in [-0.15, -0.1) is 0 Å². The third-order valence-electron chi connectivity index (χ3n) is 5.49. The molecular formula is C21H27N5O4. The Bertz CT molecular complexity index is 879. The van der Waals surface area contributed by atoms with Gasteiger partial charge in [-0.3, -0.25) is 4.79 Å². The van der Waals surface area contributed by atoms with Crippen molar-refractivity contribution in [3.8, 4) is 11.5 Å². The number of hydrogen-bond donors (Lipinski definition) is 0. The smallest absolute Gasteiger partial charge is 0.254 e. The van der Waals surface area contributed by atoms with Crippen molar-refractivity contribution >= 4 is 17.5 Å². The molecule has 1 aromatic carbocycles. The van der Waals surface area contributed by atoms with Gasteiger partial charge in [0.15, 0.2) is 11.5 Å². The number of anilines is 2. The first-order chi connectivity index (χ1) is 14.7. The van der Waals surface area contributed by atoms with Gasteiger partial charge in [-0.25, -0.2) is 9.97 Å². The Labute approximate surface area is 176 Å². The van der Waals surface area contributed by atoms with Gasteiger partial charge in [0.2, 0.25) is 0 Å². The van der Waals surface area contributed by atoms with Gasteiger partial charge in [0.25, 0.3) is 5.91 Å². The van der Waals surface area contributed by atoms with Crippen LogP contribution < -0.4 is 19.3 Å². The SMILES string of the molecule is COc1ccc(C(=O)N2CCN(c3cc(N4CCOCC4)ncn3)CC2)cc1OC. The summed E-state index contributed by atoms with van der Waals surface area (Å²) in [4.78, 5) is 28.1. The van der Waals surface area contributed by atoms with Crippen LogP contribution in [0, 0.1) is 0 Å². The van der Waals surface area contributed by atoms with Crippen molar-refractivity contribution < 1.29 is 19.0 Å². The molecule has 3 heterocycles. The fourth-order valence-electron chi connectivity index (χ4n) is 3.77. The number of nitrogens with zero attached hydrogens (tertiary/aromatic N) is 5. The van der Waals surface area contributed by atoms with Crippen molar-refractivity contribution in [2.45, 2.75) is 0 Å². The van der Waals surface area contributed by atoms with E-state index in [1.807, 2.05) is 11.0 Å². The third kappa shape index (κ3) is 4.25. The summed E-state index contributed by atoms with van der Waals surface area (Å²) in [6.45, 7) is 5.81. The zero-order valence-electron chi connectivity index (χ0n) is 17.4. The predicted molar refractivity (Wildman–Crippen MR) is 113 cm³/mol. The van der Waals surface area contributed by atoms with Gasteiger partial charge in [0.05, 0.1) is 27.4 Å². The highest BCUT2D eigenvalue weighted by Crippen LogP contribution is 2.28. The molecule has 9 heteroatoms. The van der Waals surface area contributed by atoms with E-state index in [9.17, 15) is 4.79 Å². The van der Waals surface area contributed by atoms with Crippen molar-refractivity contribution in [2.24, 2.45) is 0 Å². The van der Waals surface area contributed by atoms with Gasteiger partial charge in [-0.1, -0.05) is 0 Å². The molecule has 2 aliphatic heterocycles. The lowest BCUT2D eigenvalue weighted by Crippen LogP contribution is -2.49. The molecule has 0 N–H and O–H groups in total. The van der Waals surface area contributed by atoms with E-state index in [2.05, 4.69) is 19.8 Å². The minimum atomic E-state index is -0.00713. The number of rotatable bonds is 5. The lowest BCUT2D eigenvalue weighted by molar-refractivity contribution is 0.0746. The van der Waals surface area contributed by atoms with Crippen LogP contribution in [0.1, 0.15) is 10.4 Å². The van der Waals surface area contributed by atoms with E-state index < -0.39 is 0 Å². The van der Waals surface area contributed by atoms with E-state index in [-0.39, 0.29) is 5.91 Å². The average Bonchev–Trinajstić information content (AvgIpc) is 2.84. The van der Waals surface area contributed by atoms with E-state index in [4.69, 9.17) is 14.2 Å². The molecule has 0 radical (unpaired) electrons. The zero-order chi connectivity index (χ0) is 20.9. The van der Waals surface area contributed by atoms with Gasteiger partial charge < -0.3 is 28.9 Å². The molecule has 0 saturated carbocycles. The number of carbonyl (C=O) groups excluding carboxylic acids is 1. The number of carbonyl (C=O) groups is 1. The Morgan fingerprint density at radius 1 is 0.867 bits per heavy atom. The maximum absolute atomic E-state index is 12.9. The van der Waals surface area contributed by atoms with Gasteiger partial charge >= 0.3 is 0 Å². The Morgan fingerprint density at radius 2 is 1.50 bits per heavy atom. The van der Waals surface area contributed by atoms with Gasteiger partial charge in [0, 0.05) is 50.9 Å². The summed E-state index contributed by atoms with van der Waals surface area (Å²) in [7, 11) is 3.15. The fraction of sp³-hybridized carbons (Fsp3) is 0.476. The molecule has 2 fully saturated rings. The largest absolute Gasteiger partial charge is 0.493 e. The summed E-state index contributed by atoms with van der Waals surface area (Å²) < 4.78 is 16.0. The number of hydrogen-bond acceptors (Lipinski definition) is 8. The molecule has 0 aliphatic carbocycles. The summed E-state index contributed by atoms with van der Waals surface area (Å²) in [5, 5.41) is 0. The maximum atomic E-state index is 12.9. The van der Waals surface area contributed by atoms with Crippen LogP contribution in [0.4, 0.5) is 11.6 Å². The highest BCUT2D eigenvalue weighted by atomic mass is 16.5. The summed E-state index contributed by atoms with van der Waals surface area (Å²) in [6.07, 6.45) is 1.61. The Balaban J connectivity index is 1.40. The van der Waals surface area contributed by atoms with Crippen LogP contribution in [-0.2, 0) is 4.74 Å². The van der Waals surface area contributed by atoms with E-state index >= 15 is 0 Å². The van der Waals surface area contributed by atoms with Crippen molar-refractivity contribution in [3.05, 3.63) is 36.2 Å². The lowest BCUT2D eigenvalue weighted by Gasteiger charge is -2.36. The summed E-state index contributed by atoms with van der Waals surface area (Å²) in [6, 6.07) is 7.29. The third-order valence-corrected chi connectivity index (χ3v) is 5.49. The number of morpholine rings is 1. The van der Waals surface area contributed by atoms with Crippen LogP contribution in [0.15, 0.2) is 30.6 Å². The molecule has 9 nitrogen and oxygen atoms in total. The van der Waals surface area contributed by atoms with Crippen LogP contribution in [0.25, 0.3) is 0 Å². The number of ether oxygens (including phenoxy) is 3. The molecule has 0 unspecified atom stereocenters. The monoisotopic (exact) mass is 413 g/mol. The van der Waals surface area contributed by atoms with Crippen molar-refractivity contribution in [1.29, 1.82) is 0 Å². The predicted octanol–water partition coefficient (Wildman–Crippen LogP) is 1.29. The summed E-state index contributed by atoms with van der Waals surface area (Å²) >= 11 is 0. The first-order valence-corrected chi connectivity index (χ1v) is 10.1. The number of amides is 1. The van der Waals surface area contributed by atoms with Gasteiger partial charge in [-0.2, -0.15) is 0 Å². The molecule has 2 saturated heterocycles. The van der Waals surface area contributed by atoms with Gasteiger partial charge in [0.1, 0.15) is 18.0 Å². The second-order valence-corrected chi connectivity index (χ2v) is 7.18. The minimum absolute atomic E-state index is 0.00713. The topological polar surface area (TPSA) is 80.3 Å².